The zero-order chi connectivity index (χ0) is 18.2. The molecule has 25 heavy (non-hydrogen) atoms. The summed E-state index contributed by atoms with van der Waals surface area (Å²) >= 11 is 1.66. The number of carbonyl (C=O) groups is 2. The molecule has 0 aliphatic rings. The van der Waals surface area contributed by atoms with Crippen LogP contribution in [-0.2, 0) is 27.3 Å². The molecule has 132 valence electrons. The third kappa shape index (κ3) is 6.15. The Morgan fingerprint density at radius 1 is 1.04 bits per heavy atom. The van der Waals surface area contributed by atoms with E-state index in [1.165, 1.54) is 21.9 Å². The molecule has 0 aromatic heterocycles. The first-order valence-electron chi connectivity index (χ1n) is 7.78. The van der Waals surface area contributed by atoms with E-state index in [0.29, 0.717) is 6.54 Å². The maximum Gasteiger partial charge on any atom is 0.310 e. The molecule has 2 aromatic rings. The molecule has 0 aliphatic heterocycles. The van der Waals surface area contributed by atoms with Crippen LogP contribution < -0.4 is 0 Å². The Labute approximate surface area is 151 Å². The quantitative estimate of drug-likeness (QED) is 0.608. The van der Waals surface area contributed by atoms with Gasteiger partial charge in [-0.3, -0.25) is 9.59 Å². The van der Waals surface area contributed by atoms with Crippen LogP contribution in [0.2, 0.25) is 0 Å². The Bertz CT molecular complexity index is 713. The van der Waals surface area contributed by atoms with E-state index < -0.39 is 5.97 Å². The Morgan fingerprint density at radius 3 is 2.24 bits per heavy atom. The van der Waals surface area contributed by atoms with E-state index >= 15 is 0 Å². The van der Waals surface area contributed by atoms with Crippen molar-refractivity contribution in [3.05, 3.63) is 59.7 Å². The molecule has 0 heterocycles. The first kappa shape index (κ1) is 18.9. The highest BCUT2D eigenvalue weighted by atomic mass is 32.2. The summed E-state index contributed by atoms with van der Waals surface area (Å²) in [6.45, 7) is 0.180. The van der Waals surface area contributed by atoms with Gasteiger partial charge in [-0.1, -0.05) is 24.3 Å². The van der Waals surface area contributed by atoms with E-state index in [2.05, 4.69) is 0 Å². The van der Waals surface area contributed by atoms with Crippen LogP contribution in [0.1, 0.15) is 11.1 Å². The Kier molecular flexibility index (Phi) is 6.89. The lowest BCUT2D eigenvalue weighted by molar-refractivity contribution is -0.151. The summed E-state index contributed by atoms with van der Waals surface area (Å²) in [6, 6.07) is 14.3. The molecule has 0 saturated carbocycles. The van der Waals surface area contributed by atoms with Crippen molar-refractivity contribution in [2.75, 3.05) is 19.9 Å². The number of nitrogens with zero attached hydrogens (tertiary/aromatic N) is 1. The molecular formula is C19H21NO4S. The summed E-state index contributed by atoms with van der Waals surface area (Å²) in [4.78, 5) is 26.6. The molecule has 2 aromatic carbocycles. The summed E-state index contributed by atoms with van der Waals surface area (Å²) < 4.78 is 5.04. The lowest BCUT2D eigenvalue weighted by Gasteiger charge is -2.17. The van der Waals surface area contributed by atoms with Crippen LogP contribution in [0.3, 0.4) is 0 Å². The molecule has 1 N–H and O–H groups in total. The Morgan fingerprint density at radius 2 is 1.64 bits per heavy atom. The average molecular weight is 359 g/mol. The predicted octanol–water partition coefficient (Wildman–Crippen LogP) is 2.86. The lowest BCUT2D eigenvalue weighted by atomic mass is 10.1. The van der Waals surface area contributed by atoms with Crippen molar-refractivity contribution in [1.29, 1.82) is 0 Å². The normalized spacial score (nSPS) is 10.3. The van der Waals surface area contributed by atoms with Gasteiger partial charge in [0, 0.05) is 18.5 Å². The van der Waals surface area contributed by atoms with Crippen LogP contribution in [0, 0.1) is 0 Å². The number of hydrogen-bond donors (Lipinski definition) is 1. The van der Waals surface area contributed by atoms with Gasteiger partial charge in [0.2, 0.25) is 0 Å². The van der Waals surface area contributed by atoms with Gasteiger partial charge in [0.15, 0.2) is 6.61 Å². The number of hydrogen-bond acceptors (Lipinski definition) is 5. The summed E-state index contributed by atoms with van der Waals surface area (Å²) in [7, 11) is 1.68. The van der Waals surface area contributed by atoms with E-state index in [0.717, 1.165) is 11.1 Å². The van der Waals surface area contributed by atoms with Gasteiger partial charge in [-0.15, -0.1) is 11.8 Å². The predicted molar refractivity (Wildman–Crippen MR) is 97.5 cm³/mol. The van der Waals surface area contributed by atoms with Crippen molar-refractivity contribution in [1.82, 2.24) is 4.90 Å². The molecule has 0 aliphatic carbocycles. The summed E-state index contributed by atoms with van der Waals surface area (Å²) in [5, 5.41) is 9.21. The molecule has 2 rings (SSSR count). The highest BCUT2D eigenvalue weighted by molar-refractivity contribution is 7.98. The highest BCUT2D eigenvalue weighted by Crippen LogP contribution is 2.15. The van der Waals surface area contributed by atoms with E-state index in [9.17, 15) is 14.7 Å². The van der Waals surface area contributed by atoms with Gasteiger partial charge in [-0.05, 0) is 41.6 Å². The Balaban J connectivity index is 1.77. The number of aromatic hydroxyl groups is 1. The minimum Gasteiger partial charge on any atom is -0.508 e. The fourth-order valence-corrected chi connectivity index (χ4v) is 2.59. The van der Waals surface area contributed by atoms with E-state index in [4.69, 9.17) is 4.74 Å². The number of amides is 1. The van der Waals surface area contributed by atoms with Crippen LogP contribution in [0.15, 0.2) is 53.4 Å². The topological polar surface area (TPSA) is 66.8 Å². The second-order valence-electron chi connectivity index (χ2n) is 5.60. The van der Waals surface area contributed by atoms with Crippen LogP contribution in [0.5, 0.6) is 5.75 Å². The fraction of sp³-hybridized carbons (Fsp3) is 0.263. The largest absolute Gasteiger partial charge is 0.508 e. The molecule has 0 fully saturated rings. The molecular weight excluding hydrogens is 338 g/mol. The van der Waals surface area contributed by atoms with Crippen molar-refractivity contribution in [3.8, 4) is 5.75 Å². The number of esters is 1. The van der Waals surface area contributed by atoms with Crippen LogP contribution in [0.4, 0.5) is 0 Å². The third-order valence-corrected chi connectivity index (χ3v) is 4.39. The van der Waals surface area contributed by atoms with Crippen molar-refractivity contribution < 1.29 is 19.4 Å². The minimum atomic E-state index is -0.475. The number of phenols is 1. The van der Waals surface area contributed by atoms with E-state index in [-0.39, 0.29) is 24.7 Å². The van der Waals surface area contributed by atoms with Gasteiger partial charge in [0.05, 0.1) is 6.42 Å². The smallest absolute Gasteiger partial charge is 0.310 e. The van der Waals surface area contributed by atoms with Crippen LogP contribution in [-0.4, -0.2) is 41.8 Å². The number of phenolic OH excluding ortho intramolecular Hbond substituents is 1. The zero-order valence-corrected chi connectivity index (χ0v) is 15.1. The number of likely N-dealkylation sites (N-methyl/N-ethyl adjacent to an activating group) is 1. The van der Waals surface area contributed by atoms with Gasteiger partial charge >= 0.3 is 5.97 Å². The monoisotopic (exact) mass is 359 g/mol. The summed E-state index contributed by atoms with van der Waals surface area (Å²) in [5.74, 6) is -0.593. The maximum atomic E-state index is 12.1. The van der Waals surface area contributed by atoms with Gasteiger partial charge < -0.3 is 14.7 Å². The second-order valence-corrected chi connectivity index (χ2v) is 6.48. The molecule has 0 atom stereocenters. The maximum absolute atomic E-state index is 12.1. The molecule has 6 heteroatoms. The van der Waals surface area contributed by atoms with Crippen LogP contribution in [0.25, 0.3) is 0 Å². The fourth-order valence-electron chi connectivity index (χ4n) is 2.18. The first-order valence-corrected chi connectivity index (χ1v) is 9.01. The number of carbonyl (C=O) groups excluding carboxylic acids is 2. The van der Waals surface area contributed by atoms with E-state index in [1.807, 2.05) is 30.5 Å². The van der Waals surface area contributed by atoms with Crippen molar-refractivity contribution in [2.45, 2.75) is 17.9 Å². The Hall–Kier alpha value is -2.47. The molecule has 1 amide bonds. The molecule has 5 nitrogen and oxygen atoms in total. The SMILES string of the molecule is CSc1ccc(CN(C)C(=O)COC(=O)Cc2ccc(O)cc2)cc1. The summed E-state index contributed by atoms with van der Waals surface area (Å²) in [5.41, 5.74) is 1.74. The standard InChI is InChI=1S/C19H21NO4S/c1-20(12-15-5-9-17(25-2)10-6-15)18(22)13-24-19(23)11-14-3-7-16(21)8-4-14/h3-10,21H,11-13H2,1-2H3. The van der Waals surface area contributed by atoms with Gasteiger partial charge in [-0.2, -0.15) is 0 Å². The minimum absolute atomic E-state index is 0.0629. The summed E-state index contributed by atoms with van der Waals surface area (Å²) in [6.07, 6.45) is 2.07. The highest BCUT2D eigenvalue weighted by Gasteiger charge is 2.13. The third-order valence-electron chi connectivity index (χ3n) is 3.65. The lowest BCUT2D eigenvalue weighted by Crippen LogP contribution is -2.31. The van der Waals surface area contributed by atoms with Crippen molar-refractivity contribution >= 4 is 23.6 Å². The van der Waals surface area contributed by atoms with Gasteiger partial charge in [0.25, 0.3) is 5.91 Å². The number of benzene rings is 2. The van der Waals surface area contributed by atoms with Crippen molar-refractivity contribution in [2.24, 2.45) is 0 Å². The second kappa shape index (κ2) is 9.13. The van der Waals surface area contributed by atoms with Gasteiger partial charge in [0.1, 0.15) is 5.75 Å². The number of ether oxygens (including phenoxy) is 1. The van der Waals surface area contributed by atoms with Crippen molar-refractivity contribution in [3.63, 3.8) is 0 Å². The molecule has 0 radical (unpaired) electrons. The number of rotatable bonds is 7. The molecule has 0 saturated heterocycles. The van der Waals surface area contributed by atoms with E-state index in [1.54, 1.807) is 30.9 Å². The van der Waals surface area contributed by atoms with Crippen LogP contribution >= 0.6 is 11.8 Å². The number of thioether (sulfide) groups is 1. The molecule has 0 unspecified atom stereocenters. The zero-order valence-electron chi connectivity index (χ0n) is 14.3. The van der Waals surface area contributed by atoms with Gasteiger partial charge in [-0.25, -0.2) is 0 Å². The average Bonchev–Trinajstić information content (AvgIpc) is 2.62. The molecule has 0 bridgehead atoms. The molecule has 0 spiro atoms. The first-order chi connectivity index (χ1) is 12.0.